The maximum atomic E-state index is 2.41. The first-order chi connectivity index (χ1) is 4.75. The van der Waals surface area contributed by atoms with Gasteiger partial charge in [-0.1, -0.05) is 31.9 Å². The second-order valence-electron chi connectivity index (χ2n) is 3.56. The number of allylic oxidation sites excluding steroid dienone is 2. The van der Waals surface area contributed by atoms with Gasteiger partial charge in [0.05, 0.1) is 0 Å². The molecule has 0 N–H and O–H groups in total. The van der Waals surface area contributed by atoms with Gasteiger partial charge >= 0.3 is 0 Å². The van der Waals surface area contributed by atoms with Crippen LogP contribution in [0.5, 0.6) is 0 Å². The van der Waals surface area contributed by atoms with Crippen molar-refractivity contribution in [3.8, 4) is 0 Å². The summed E-state index contributed by atoms with van der Waals surface area (Å²) in [6.45, 7) is 6.93. The van der Waals surface area contributed by atoms with E-state index in [0.717, 1.165) is 11.8 Å². The lowest BCUT2D eigenvalue weighted by Gasteiger charge is -2.16. The lowest BCUT2D eigenvalue weighted by molar-refractivity contribution is 0.415. The summed E-state index contributed by atoms with van der Waals surface area (Å²) in [7, 11) is 0. The van der Waals surface area contributed by atoms with Crippen molar-refractivity contribution in [2.75, 3.05) is 0 Å². The normalized spacial score (nSPS) is 32.5. The largest absolute Gasteiger partial charge is 0.0850 e. The monoisotopic (exact) mass is 138 g/mol. The molecule has 1 aliphatic carbocycles. The van der Waals surface area contributed by atoms with Crippen LogP contribution < -0.4 is 0 Å². The van der Waals surface area contributed by atoms with Gasteiger partial charge < -0.3 is 0 Å². The summed E-state index contributed by atoms with van der Waals surface area (Å²) in [5.74, 6) is 1.82. The third-order valence-corrected chi connectivity index (χ3v) is 2.68. The third kappa shape index (κ3) is 1.42. The topological polar surface area (TPSA) is 0 Å². The van der Waals surface area contributed by atoms with Crippen LogP contribution in [0, 0.1) is 11.8 Å². The minimum atomic E-state index is 0.907. The van der Waals surface area contributed by atoms with E-state index in [-0.39, 0.29) is 0 Å². The zero-order valence-corrected chi connectivity index (χ0v) is 7.35. The standard InChI is InChI=1S/C10H18/c1-4-5-10-8(2)6-7-9(10)3/h6,9-10H,4-5,7H2,1-3H3/t9?,10-/m0/s1. The maximum Gasteiger partial charge on any atom is -0.0177 e. The van der Waals surface area contributed by atoms with E-state index in [1.165, 1.54) is 19.3 Å². The van der Waals surface area contributed by atoms with E-state index in [1.807, 2.05) is 0 Å². The smallest absolute Gasteiger partial charge is 0.0177 e. The summed E-state index contributed by atoms with van der Waals surface area (Å²) >= 11 is 0. The molecule has 0 amide bonds. The molecule has 2 atom stereocenters. The Balaban J connectivity index is 2.47. The molecule has 0 saturated carbocycles. The van der Waals surface area contributed by atoms with Crippen molar-refractivity contribution >= 4 is 0 Å². The Morgan fingerprint density at radius 3 is 2.70 bits per heavy atom. The highest BCUT2D eigenvalue weighted by Crippen LogP contribution is 2.34. The molecule has 0 bridgehead atoms. The van der Waals surface area contributed by atoms with E-state index in [2.05, 4.69) is 26.8 Å². The Morgan fingerprint density at radius 1 is 1.60 bits per heavy atom. The van der Waals surface area contributed by atoms with Crippen LogP contribution in [0.4, 0.5) is 0 Å². The molecule has 0 aromatic carbocycles. The molecule has 0 aromatic rings. The van der Waals surface area contributed by atoms with Crippen LogP contribution in [0.2, 0.25) is 0 Å². The average Bonchev–Trinajstić information content (AvgIpc) is 2.20. The molecular weight excluding hydrogens is 120 g/mol. The van der Waals surface area contributed by atoms with Gasteiger partial charge in [-0.3, -0.25) is 0 Å². The molecule has 1 aliphatic rings. The summed E-state index contributed by atoms with van der Waals surface area (Å²) in [6, 6.07) is 0. The molecular formula is C10H18. The van der Waals surface area contributed by atoms with Gasteiger partial charge in [0.2, 0.25) is 0 Å². The van der Waals surface area contributed by atoms with Gasteiger partial charge in [0.1, 0.15) is 0 Å². The lowest BCUT2D eigenvalue weighted by Crippen LogP contribution is -2.05. The number of rotatable bonds is 2. The fourth-order valence-corrected chi connectivity index (χ4v) is 1.96. The molecule has 0 saturated heterocycles. The van der Waals surface area contributed by atoms with Crippen LogP contribution in [0.25, 0.3) is 0 Å². The van der Waals surface area contributed by atoms with E-state index >= 15 is 0 Å². The summed E-state index contributed by atoms with van der Waals surface area (Å²) in [4.78, 5) is 0. The summed E-state index contributed by atoms with van der Waals surface area (Å²) in [5.41, 5.74) is 1.63. The second kappa shape index (κ2) is 3.23. The Morgan fingerprint density at radius 2 is 2.30 bits per heavy atom. The highest BCUT2D eigenvalue weighted by molar-refractivity contribution is 5.11. The molecule has 0 heteroatoms. The highest BCUT2D eigenvalue weighted by atomic mass is 14.3. The molecule has 1 unspecified atom stereocenters. The van der Waals surface area contributed by atoms with Gasteiger partial charge in [-0.05, 0) is 31.6 Å². The zero-order valence-electron chi connectivity index (χ0n) is 7.35. The molecule has 1 rings (SSSR count). The molecule has 0 spiro atoms. The first-order valence-corrected chi connectivity index (χ1v) is 4.42. The highest BCUT2D eigenvalue weighted by Gasteiger charge is 2.21. The van der Waals surface area contributed by atoms with Crippen LogP contribution in [-0.2, 0) is 0 Å². The van der Waals surface area contributed by atoms with Crippen LogP contribution in [0.1, 0.15) is 40.0 Å². The third-order valence-electron chi connectivity index (χ3n) is 2.68. The van der Waals surface area contributed by atoms with E-state index in [4.69, 9.17) is 0 Å². The quantitative estimate of drug-likeness (QED) is 0.513. The first kappa shape index (κ1) is 7.84. The molecule has 0 fully saturated rings. The molecule has 0 heterocycles. The van der Waals surface area contributed by atoms with Gasteiger partial charge in [0.25, 0.3) is 0 Å². The Kier molecular flexibility index (Phi) is 2.53. The van der Waals surface area contributed by atoms with Gasteiger partial charge in [-0.25, -0.2) is 0 Å². The number of hydrogen-bond acceptors (Lipinski definition) is 0. The summed E-state index contributed by atoms with van der Waals surface area (Å²) < 4.78 is 0. The van der Waals surface area contributed by atoms with Gasteiger partial charge in [0.15, 0.2) is 0 Å². The fraction of sp³-hybridized carbons (Fsp3) is 0.800. The predicted molar refractivity (Wildman–Crippen MR) is 45.9 cm³/mol. The summed E-state index contributed by atoms with van der Waals surface area (Å²) in [6.07, 6.45) is 6.45. The molecule has 0 aliphatic heterocycles. The van der Waals surface area contributed by atoms with Crippen molar-refractivity contribution in [1.82, 2.24) is 0 Å². The van der Waals surface area contributed by atoms with Crippen molar-refractivity contribution in [2.24, 2.45) is 11.8 Å². The predicted octanol–water partition coefficient (Wildman–Crippen LogP) is 3.39. The van der Waals surface area contributed by atoms with Crippen molar-refractivity contribution in [1.29, 1.82) is 0 Å². The van der Waals surface area contributed by atoms with Crippen LogP contribution in [-0.4, -0.2) is 0 Å². The van der Waals surface area contributed by atoms with E-state index in [1.54, 1.807) is 5.57 Å². The van der Waals surface area contributed by atoms with E-state index in [0.29, 0.717) is 0 Å². The molecule has 0 aromatic heterocycles. The second-order valence-corrected chi connectivity index (χ2v) is 3.56. The van der Waals surface area contributed by atoms with Crippen molar-refractivity contribution in [2.45, 2.75) is 40.0 Å². The molecule has 10 heavy (non-hydrogen) atoms. The fourth-order valence-electron chi connectivity index (χ4n) is 1.96. The molecule has 0 radical (unpaired) electrons. The van der Waals surface area contributed by atoms with Gasteiger partial charge in [-0.2, -0.15) is 0 Å². The van der Waals surface area contributed by atoms with Crippen LogP contribution in [0.3, 0.4) is 0 Å². The van der Waals surface area contributed by atoms with Crippen molar-refractivity contribution < 1.29 is 0 Å². The van der Waals surface area contributed by atoms with E-state index < -0.39 is 0 Å². The van der Waals surface area contributed by atoms with Crippen molar-refractivity contribution in [3.63, 3.8) is 0 Å². The van der Waals surface area contributed by atoms with Gasteiger partial charge in [0, 0.05) is 0 Å². The zero-order chi connectivity index (χ0) is 7.56. The average molecular weight is 138 g/mol. The first-order valence-electron chi connectivity index (χ1n) is 4.42. The maximum absolute atomic E-state index is 2.41. The Hall–Kier alpha value is -0.260. The summed E-state index contributed by atoms with van der Waals surface area (Å²) in [5, 5.41) is 0. The molecule has 0 nitrogen and oxygen atoms in total. The van der Waals surface area contributed by atoms with Crippen LogP contribution in [0.15, 0.2) is 11.6 Å². The van der Waals surface area contributed by atoms with E-state index in [9.17, 15) is 0 Å². The Labute approximate surface area is 64.3 Å². The Bertz CT molecular complexity index is 133. The van der Waals surface area contributed by atoms with Crippen molar-refractivity contribution in [3.05, 3.63) is 11.6 Å². The van der Waals surface area contributed by atoms with Crippen LogP contribution >= 0.6 is 0 Å². The number of hydrogen-bond donors (Lipinski definition) is 0. The lowest BCUT2D eigenvalue weighted by atomic mass is 9.89. The SMILES string of the molecule is CCC[C@H]1C(C)=CCC1C. The molecule has 58 valence electrons. The minimum absolute atomic E-state index is 0.907. The van der Waals surface area contributed by atoms with Gasteiger partial charge in [-0.15, -0.1) is 0 Å². The minimum Gasteiger partial charge on any atom is -0.0850 e.